The molecule has 1 aromatic rings. The van der Waals surface area contributed by atoms with E-state index in [-0.39, 0.29) is 16.1 Å². The summed E-state index contributed by atoms with van der Waals surface area (Å²) >= 11 is 1.80. The summed E-state index contributed by atoms with van der Waals surface area (Å²) in [7, 11) is 0. The molecule has 0 bridgehead atoms. The summed E-state index contributed by atoms with van der Waals surface area (Å²) in [5, 5.41) is 2.87. The number of rotatable bonds is 3. The molecule has 3 N–H and O–H groups in total. The first-order valence-electron chi connectivity index (χ1n) is 6.84. The number of nitrogens with two attached hydrogens (primary N) is 1. The molecule has 0 fully saturated rings. The van der Waals surface area contributed by atoms with Crippen molar-refractivity contribution in [3.63, 3.8) is 0 Å². The molecule has 0 heterocycles. The van der Waals surface area contributed by atoms with Crippen LogP contribution in [0.25, 0.3) is 0 Å². The van der Waals surface area contributed by atoms with Gasteiger partial charge in [0, 0.05) is 15.3 Å². The van der Waals surface area contributed by atoms with Crippen LogP contribution < -0.4 is 11.1 Å². The fourth-order valence-corrected chi connectivity index (χ4v) is 2.55. The molecule has 112 valence electrons. The van der Waals surface area contributed by atoms with Crippen molar-refractivity contribution in [3.05, 3.63) is 24.3 Å². The summed E-state index contributed by atoms with van der Waals surface area (Å²) in [4.78, 5) is 13.2. The van der Waals surface area contributed by atoms with Crippen LogP contribution >= 0.6 is 11.8 Å². The van der Waals surface area contributed by atoms with Gasteiger partial charge in [-0.25, -0.2) is 0 Å². The monoisotopic (exact) mass is 294 g/mol. The van der Waals surface area contributed by atoms with Gasteiger partial charge in [0.05, 0.1) is 6.04 Å². The molecule has 0 radical (unpaired) electrons. The molecule has 4 heteroatoms. The van der Waals surface area contributed by atoms with Crippen molar-refractivity contribution in [1.29, 1.82) is 0 Å². The molecule has 0 aromatic heterocycles. The molecule has 1 aromatic carbocycles. The van der Waals surface area contributed by atoms with Gasteiger partial charge in [-0.2, -0.15) is 0 Å². The maximum absolute atomic E-state index is 12.0. The van der Waals surface area contributed by atoms with Crippen LogP contribution in [0.15, 0.2) is 29.2 Å². The third-order valence-corrected chi connectivity index (χ3v) is 3.88. The van der Waals surface area contributed by atoms with Gasteiger partial charge >= 0.3 is 0 Å². The molecule has 0 saturated carbocycles. The fraction of sp³-hybridized carbons (Fsp3) is 0.562. The minimum Gasteiger partial charge on any atom is -0.325 e. The van der Waals surface area contributed by atoms with E-state index in [4.69, 9.17) is 5.73 Å². The molecule has 0 spiro atoms. The van der Waals surface area contributed by atoms with Gasteiger partial charge < -0.3 is 11.1 Å². The van der Waals surface area contributed by atoms with E-state index in [0.29, 0.717) is 0 Å². The van der Waals surface area contributed by atoms with Crippen molar-refractivity contribution < 1.29 is 4.79 Å². The summed E-state index contributed by atoms with van der Waals surface area (Å²) in [5.41, 5.74) is 6.48. The average Bonchev–Trinajstić information content (AvgIpc) is 2.27. The Morgan fingerprint density at radius 1 is 1.10 bits per heavy atom. The molecular weight excluding hydrogens is 268 g/mol. The highest BCUT2D eigenvalue weighted by molar-refractivity contribution is 8.00. The lowest BCUT2D eigenvalue weighted by Crippen LogP contribution is -2.45. The smallest absolute Gasteiger partial charge is 0.241 e. The van der Waals surface area contributed by atoms with Crippen LogP contribution in [0.2, 0.25) is 0 Å². The predicted octanol–water partition coefficient (Wildman–Crippen LogP) is 3.89. The highest BCUT2D eigenvalue weighted by Gasteiger charge is 2.27. The zero-order chi connectivity index (χ0) is 15.6. The highest BCUT2D eigenvalue weighted by Crippen LogP contribution is 2.32. The quantitative estimate of drug-likeness (QED) is 0.832. The van der Waals surface area contributed by atoms with Gasteiger partial charge in [0.2, 0.25) is 5.91 Å². The fourth-order valence-electron chi connectivity index (χ4n) is 1.57. The highest BCUT2D eigenvalue weighted by atomic mass is 32.2. The van der Waals surface area contributed by atoms with Crippen molar-refractivity contribution in [3.8, 4) is 0 Å². The van der Waals surface area contributed by atoms with Gasteiger partial charge in [-0.3, -0.25) is 4.79 Å². The lowest BCUT2D eigenvalue weighted by atomic mass is 9.87. The lowest BCUT2D eigenvalue weighted by Gasteiger charge is -2.25. The molecule has 0 aliphatic carbocycles. The van der Waals surface area contributed by atoms with Crippen LogP contribution in [0.3, 0.4) is 0 Å². The van der Waals surface area contributed by atoms with Crippen LogP contribution in [0.4, 0.5) is 5.69 Å². The number of thioether (sulfide) groups is 1. The molecule has 3 nitrogen and oxygen atoms in total. The van der Waals surface area contributed by atoms with Gasteiger partial charge in [-0.15, -0.1) is 11.8 Å². The zero-order valence-corrected chi connectivity index (χ0v) is 14.1. The second-order valence-electron chi connectivity index (χ2n) is 7.07. The number of carbonyl (C=O) groups excluding carboxylic acids is 1. The van der Waals surface area contributed by atoms with Gasteiger partial charge in [-0.1, -0.05) is 41.5 Å². The Morgan fingerprint density at radius 2 is 1.60 bits per heavy atom. The topological polar surface area (TPSA) is 55.1 Å². The number of hydrogen-bond acceptors (Lipinski definition) is 3. The minimum atomic E-state index is -0.522. The number of amides is 1. The van der Waals surface area contributed by atoms with Crippen LogP contribution in [0, 0.1) is 5.41 Å². The molecule has 0 aliphatic heterocycles. The Balaban J connectivity index is 2.69. The van der Waals surface area contributed by atoms with Gasteiger partial charge in [-0.05, 0) is 29.7 Å². The zero-order valence-electron chi connectivity index (χ0n) is 13.3. The van der Waals surface area contributed by atoms with E-state index < -0.39 is 6.04 Å². The van der Waals surface area contributed by atoms with Crippen LogP contribution in [0.5, 0.6) is 0 Å². The van der Waals surface area contributed by atoms with E-state index in [2.05, 4.69) is 26.1 Å². The number of hydrogen-bond donors (Lipinski definition) is 2. The molecule has 1 rings (SSSR count). The van der Waals surface area contributed by atoms with E-state index in [1.807, 2.05) is 45.0 Å². The summed E-state index contributed by atoms with van der Waals surface area (Å²) in [5.74, 6) is -0.145. The van der Waals surface area contributed by atoms with Crippen molar-refractivity contribution in [2.45, 2.75) is 57.2 Å². The summed E-state index contributed by atoms with van der Waals surface area (Å²) < 4.78 is 0.180. The SMILES string of the molecule is CC(C)(C)Sc1ccc(NC(=O)[C@@H](N)C(C)(C)C)cc1. The molecule has 1 amide bonds. The van der Waals surface area contributed by atoms with Crippen molar-refractivity contribution in [2.24, 2.45) is 11.1 Å². The average molecular weight is 294 g/mol. The van der Waals surface area contributed by atoms with Crippen molar-refractivity contribution in [1.82, 2.24) is 0 Å². The standard InChI is InChI=1S/C16H26N2OS/c1-15(2,3)13(17)14(19)18-11-7-9-12(10-8-11)20-16(4,5)6/h7-10,13H,17H2,1-6H3,(H,18,19)/t13-/m1/s1. The third kappa shape index (κ3) is 5.55. The van der Waals surface area contributed by atoms with Crippen LogP contribution in [0.1, 0.15) is 41.5 Å². The largest absolute Gasteiger partial charge is 0.325 e. The maximum atomic E-state index is 12.0. The molecule has 1 atom stereocenters. The number of benzene rings is 1. The van der Waals surface area contributed by atoms with Gasteiger partial charge in [0.15, 0.2) is 0 Å². The first-order chi connectivity index (χ1) is 8.99. The molecule has 0 saturated heterocycles. The Kier molecular flexibility index (Phi) is 5.27. The Hall–Kier alpha value is -1.00. The molecule has 0 aliphatic rings. The van der Waals surface area contributed by atoms with Crippen LogP contribution in [-0.4, -0.2) is 16.7 Å². The summed E-state index contributed by atoms with van der Waals surface area (Å²) in [6.07, 6.45) is 0. The number of carbonyl (C=O) groups is 1. The van der Waals surface area contributed by atoms with E-state index in [1.165, 1.54) is 4.90 Å². The van der Waals surface area contributed by atoms with E-state index in [9.17, 15) is 4.79 Å². The van der Waals surface area contributed by atoms with E-state index in [1.54, 1.807) is 11.8 Å². The predicted molar refractivity (Wildman–Crippen MR) is 88.1 cm³/mol. The minimum absolute atomic E-state index is 0.145. The Bertz CT molecular complexity index is 455. The number of nitrogens with one attached hydrogen (secondary N) is 1. The molecular formula is C16H26N2OS. The summed E-state index contributed by atoms with van der Waals surface area (Å²) in [6.45, 7) is 12.4. The lowest BCUT2D eigenvalue weighted by molar-refractivity contribution is -0.119. The second kappa shape index (κ2) is 6.19. The number of anilines is 1. The molecule has 0 unspecified atom stereocenters. The van der Waals surface area contributed by atoms with Gasteiger partial charge in [0.25, 0.3) is 0 Å². The van der Waals surface area contributed by atoms with Crippen molar-refractivity contribution >= 4 is 23.4 Å². The third-order valence-electron chi connectivity index (χ3n) is 2.76. The van der Waals surface area contributed by atoms with Gasteiger partial charge in [0.1, 0.15) is 0 Å². The van der Waals surface area contributed by atoms with E-state index >= 15 is 0 Å². The first-order valence-corrected chi connectivity index (χ1v) is 7.66. The Labute approximate surface area is 126 Å². The van der Waals surface area contributed by atoms with Crippen molar-refractivity contribution in [2.75, 3.05) is 5.32 Å². The van der Waals surface area contributed by atoms with E-state index in [0.717, 1.165) is 5.69 Å². The van der Waals surface area contributed by atoms with Crippen LogP contribution in [-0.2, 0) is 4.79 Å². The maximum Gasteiger partial charge on any atom is 0.241 e. The first kappa shape index (κ1) is 17.1. The molecule has 20 heavy (non-hydrogen) atoms. The Morgan fingerprint density at radius 3 is 2.00 bits per heavy atom. The summed E-state index contributed by atoms with van der Waals surface area (Å²) in [6, 6.07) is 7.36. The second-order valence-corrected chi connectivity index (χ2v) is 8.97. The normalized spacial score (nSPS) is 13.9.